The Morgan fingerprint density at radius 2 is 2.40 bits per heavy atom. The van der Waals surface area contributed by atoms with Gasteiger partial charge in [-0.15, -0.1) is 0 Å². The highest BCUT2D eigenvalue weighted by Crippen LogP contribution is 2.38. The molecule has 1 aliphatic carbocycles. The van der Waals surface area contributed by atoms with E-state index in [0.717, 1.165) is 18.8 Å². The zero-order valence-corrected chi connectivity index (χ0v) is 9.20. The van der Waals surface area contributed by atoms with Crippen molar-refractivity contribution in [3.05, 3.63) is 24.5 Å². The van der Waals surface area contributed by atoms with Gasteiger partial charge < -0.3 is 10.1 Å². The van der Waals surface area contributed by atoms with E-state index in [1.807, 2.05) is 12.1 Å². The van der Waals surface area contributed by atoms with Gasteiger partial charge in [-0.05, 0) is 44.9 Å². The second-order valence-electron chi connectivity index (χ2n) is 4.17. The van der Waals surface area contributed by atoms with Crippen LogP contribution in [-0.2, 0) is 0 Å². The minimum atomic E-state index is 0.443. The van der Waals surface area contributed by atoms with Gasteiger partial charge in [-0.25, -0.2) is 0 Å². The lowest BCUT2D eigenvalue weighted by atomic mass is 10.1. The topological polar surface area (TPSA) is 34.1 Å². The summed E-state index contributed by atoms with van der Waals surface area (Å²) in [4.78, 5) is 4.00. The maximum absolute atomic E-state index is 5.58. The van der Waals surface area contributed by atoms with Gasteiger partial charge in [0.15, 0.2) is 0 Å². The fraction of sp³-hybridized carbons (Fsp3) is 0.583. The maximum atomic E-state index is 5.58. The normalized spacial score (nSPS) is 17.4. The van der Waals surface area contributed by atoms with Crippen molar-refractivity contribution < 1.29 is 4.74 Å². The summed E-state index contributed by atoms with van der Waals surface area (Å²) in [5.74, 6) is 0.867. The molecule has 82 valence electrons. The number of pyridine rings is 1. The summed E-state index contributed by atoms with van der Waals surface area (Å²) in [7, 11) is 2.05. The van der Waals surface area contributed by atoms with Crippen LogP contribution in [0, 0.1) is 0 Å². The molecule has 1 heterocycles. The molecule has 15 heavy (non-hydrogen) atoms. The average Bonchev–Trinajstić information content (AvgIpc) is 3.07. The Bertz CT molecular complexity index is 296. The largest absolute Gasteiger partial charge is 0.492 e. The summed E-state index contributed by atoms with van der Waals surface area (Å²) < 4.78 is 5.58. The predicted octanol–water partition coefficient (Wildman–Crippen LogP) is 1.99. The van der Waals surface area contributed by atoms with Crippen molar-refractivity contribution in [1.29, 1.82) is 0 Å². The second kappa shape index (κ2) is 4.62. The summed E-state index contributed by atoms with van der Waals surface area (Å²) in [6.07, 6.45) is 8.46. The zero-order valence-electron chi connectivity index (χ0n) is 9.20. The lowest BCUT2D eigenvalue weighted by Crippen LogP contribution is -2.27. The molecule has 1 aromatic heterocycles. The van der Waals surface area contributed by atoms with Crippen LogP contribution < -0.4 is 10.1 Å². The standard InChI is InChI=1S/C12H18N2O/c1-13-12(6-7-12)5-3-9-15-11-4-2-8-14-10-11/h2,4,8,10,13H,3,5-7,9H2,1H3. The molecule has 1 aromatic rings. The summed E-state index contributed by atoms with van der Waals surface area (Å²) in [6.45, 7) is 0.787. The van der Waals surface area contributed by atoms with Crippen molar-refractivity contribution in [2.75, 3.05) is 13.7 Å². The van der Waals surface area contributed by atoms with Crippen LogP contribution in [0.3, 0.4) is 0 Å². The molecule has 0 saturated heterocycles. The van der Waals surface area contributed by atoms with E-state index in [-0.39, 0.29) is 0 Å². The monoisotopic (exact) mass is 206 g/mol. The average molecular weight is 206 g/mol. The number of hydrogen-bond acceptors (Lipinski definition) is 3. The lowest BCUT2D eigenvalue weighted by molar-refractivity contribution is 0.293. The molecule has 1 aliphatic rings. The number of ether oxygens (including phenoxy) is 1. The second-order valence-corrected chi connectivity index (χ2v) is 4.17. The predicted molar refractivity (Wildman–Crippen MR) is 60.0 cm³/mol. The number of aromatic nitrogens is 1. The SMILES string of the molecule is CNC1(CCCOc2cccnc2)CC1. The van der Waals surface area contributed by atoms with Crippen molar-refractivity contribution in [3.8, 4) is 5.75 Å². The van der Waals surface area contributed by atoms with Gasteiger partial charge in [0.2, 0.25) is 0 Å². The molecule has 0 radical (unpaired) electrons. The van der Waals surface area contributed by atoms with E-state index in [9.17, 15) is 0 Å². The van der Waals surface area contributed by atoms with Crippen molar-refractivity contribution in [1.82, 2.24) is 10.3 Å². The molecule has 1 saturated carbocycles. The fourth-order valence-corrected chi connectivity index (χ4v) is 1.81. The third-order valence-corrected chi connectivity index (χ3v) is 3.09. The first-order chi connectivity index (χ1) is 7.35. The first kappa shape index (κ1) is 10.4. The van der Waals surface area contributed by atoms with Gasteiger partial charge in [-0.1, -0.05) is 0 Å². The van der Waals surface area contributed by atoms with Gasteiger partial charge >= 0.3 is 0 Å². The Morgan fingerprint density at radius 1 is 1.53 bits per heavy atom. The number of rotatable bonds is 6. The summed E-state index contributed by atoms with van der Waals surface area (Å²) in [5, 5.41) is 3.38. The van der Waals surface area contributed by atoms with E-state index >= 15 is 0 Å². The fourth-order valence-electron chi connectivity index (χ4n) is 1.81. The molecule has 0 aliphatic heterocycles. The molecule has 2 rings (SSSR count). The van der Waals surface area contributed by atoms with E-state index < -0.39 is 0 Å². The molecule has 0 atom stereocenters. The minimum absolute atomic E-state index is 0.443. The molecule has 3 heteroatoms. The molecule has 3 nitrogen and oxygen atoms in total. The molecule has 0 spiro atoms. The van der Waals surface area contributed by atoms with Crippen LogP contribution in [0.2, 0.25) is 0 Å². The quantitative estimate of drug-likeness (QED) is 0.723. The van der Waals surface area contributed by atoms with Crippen LogP contribution in [0.1, 0.15) is 25.7 Å². The maximum Gasteiger partial charge on any atom is 0.137 e. The molecule has 0 unspecified atom stereocenters. The third-order valence-electron chi connectivity index (χ3n) is 3.09. The van der Waals surface area contributed by atoms with Gasteiger partial charge in [-0.3, -0.25) is 4.98 Å². The number of nitrogens with zero attached hydrogens (tertiary/aromatic N) is 1. The van der Waals surface area contributed by atoms with Crippen molar-refractivity contribution in [2.24, 2.45) is 0 Å². The van der Waals surface area contributed by atoms with Gasteiger partial charge in [-0.2, -0.15) is 0 Å². The lowest BCUT2D eigenvalue weighted by Gasteiger charge is -2.13. The van der Waals surface area contributed by atoms with E-state index in [2.05, 4.69) is 17.3 Å². The van der Waals surface area contributed by atoms with E-state index in [4.69, 9.17) is 4.74 Å². The van der Waals surface area contributed by atoms with E-state index in [1.54, 1.807) is 12.4 Å². The molecule has 1 fully saturated rings. The van der Waals surface area contributed by atoms with Crippen LogP contribution in [0.5, 0.6) is 5.75 Å². The third kappa shape index (κ3) is 2.93. The van der Waals surface area contributed by atoms with Crippen LogP contribution in [-0.4, -0.2) is 24.2 Å². The number of hydrogen-bond donors (Lipinski definition) is 1. The smallest absolute Gasteiger partial charge is 0.137 e. The van der Waals surface area contributed by atoms with Crippen molar-refractivity contribution in [2.45, 2.75) is 31.2 Å². The molecule has 0 aromatic carbocycles. The Kier molecular flexibility index (Phi) is 3.21. The van der Waals surface area contributed by atoms with Crippen molar-refractivity contribution in [3.63, 3.8) is 0 Å². The first-order valence-corrected chi connectivity index (χ1v) is 5.56. The van der Waals surface area contributed by atoms with Crippen LogP contribution in [0.25, 0.3) is 0 Å². The Balaban J connectivity index is 1.63. The Labute approximate surface area is 90.9 Å². The molecular formula is C12H18N2O. The van der Waals surface area contributed by atoms with Crippen molar-refractivity contribution >= 4 is 0 Å². The molecule has 0 bridgehead atoms. The zero-order chi connectivity index (χ0) is 10.6. The van der Waals surface area contributed by atoms with Crippen LogP contribution in [0.4, 0.5) is 0 Å². The van der Waals surface area contributed by atoms with Gasteiger partial charge in [0, 0.05) is 11.7 Å². The van der Waals surface area contributed by atoms with Crippen LogP contribution >= 0.6 is 0 Å². The van der Waals surface area contributed by atoms with Gasteiger partial charge in [0.1, 0.15) is 5.75 Å². The summed E-state index contributed by atoms with van der Waals surface area (Å²) in [5.41, 5.74) is 0.443. The van der Waals surface area contributed by atoms with E-state index in [1.165, 1.54) is 19.3 Å². The minimum Gasteiger partial charge on any atom is -0.492 e. The number of nitrogens with one attached hydrogen (secondary N) is 1. The molecule has 1 N–H and O–H groups in total. The Morgan fingerprint density at radius 3 is 3.00 bits per heavy atom. The molecular weight excluding hydrogens is 188 g/mol. The van der Waals surface area contributed by atoms with Crippen LogP contribution in [0.15, 0.2) is 24.5 Å². The highest BCUT2D eigenvalue weighted by atomic mass is 16.5. The van der Waals surface area contributed by atoms with Gasteiger partial charge in [0.25, 0.3) is 0 Å². The highest BCUT2D eigenvalue weighted by molar-refractivity contribution is 5.15. The first-order valence-electron chi connectivity index (χ1n) is 5.56. The highest BCUT2D eigenvalue weighted by Gasteiger charge is 2.39. The Hall–Kier alpha value is -1.09. The summed E-state index contributed by atoms with van der Waals surface area (Å²) >= 11 is 0. The molecule has 0 amide bonds. The van der Waals surface area contributed by atoms with Gasteiger partial charge in [0.05, 0.1) is 12.8 Å². The van der Waals surface area contributed by atoms with E-state index in [0.29, 0.717) is 5.54 Å². The summed E-state index contributed by atoms with van der Waals surface area (Å²) in [6, 6.07) is 3.84.